The Bertz CT molecular complexity index is 768. The highest BCUT2D eigenvalue weighted by Crippen LogP contribution is 2.32. The normalized spacial score (nSPS) is 18.0. The summed E-state index contributed by atoms with van der Waals surface area (Å²) in [5.74, 6) is 2.15. The number of fused-ring (bicyclic) bond motifs is 2. The Morgan fingerprint density at radius 1 is 1.24 bits per heavy atom. The van der Waals surface area contributed by atoms with E-state index >= 15 is 0 Å². The molecular weight excluding hydrogens is 262 g/mol. The quantitative estimate of drug-likeness (QED) is 0.768. The van der Waals surface area contributed by atoms with Crippen LogP contribution in [0.3, 0.4) is 0 Å². The molecule has 2 aromatic heterocycles. The first-order valence-corrected chi connectivity index (χ1v) is 7.59. The summed E-state index contributed by atoms with van der Waals surface area (Å²) in [5, 5.41) is 4.89. The molecule has 1 aliphatic carbocycles. The lowest BCUT2D eigenvalue weighted by Crippen LogP contribution is -2.24. The third kappa shape index (κ3) is 2.18. The lowest BCUT2D eigenvalue weighted by molar-refractivity contribution is 0.410. The van der Waals surface area contributed by atoms with Crippen molar-refractivity contribution in [2.45, 2.75) is 38.8 Å². The zero-order valence-corrected chi connectivity index (χ0v) is 12.2. The smallest absolute Gasteiger partial charge is 0.134 e. The Labute approximate surface area is 123 Å². The van der Waals surface area contributed by atoms with Gasteiger partial charge in [-0.1, -0.05) is 18.2 Å². The Balaban J connectivity index is 1.59. The van der Waals surface area contributed by atoms with E-state index in [2.05, 4.69) is 23.5 Å². The molecule has 0 aliphatic heterocycles. The van der Waals surface area contributed by atoms with Gasteiger partial charge < -0.3 is 14.2 Å². The highest BCUT2D eigenvalue weighted by atomic mass is 16.3. The van der Waals surface area contributed by atoms with Crippen LogP contribution >= 0.6 is 0 Å². The van der Waals surface area contributed by atoms with Crippen molar-refractivity contribution < 1.29 is 8.83 Å². The number of aryl methyl sites for hydroxylation is 2. The summed E-state index contributed by atoms with van der Waals surface area (Å²) in [7, 11) is 0. The summed E-state index contributed by atoms with van der Waals surface area (Å²) in [6.45, 7) is 2.87. The minimum Gasteiger partial charge on any atom is -0.469 e. The number of rotatable bonds is 3. The van der Waals surface area contributed by atoms with Crippen molar-refractivity contribution in [3.63, 3.8) is 0 Å². The van der Waals surface area contributed by atoms with Crippen LogP contribution in [0, 0.1) is 6.92 Å². The maximum Gasteiger partial charge on any atom is 0.134 e. The number of nitrogens with one attached hydrogen (secondary N) is 1. The third-order valence-electron chi connectivity index (χ3n) is 4.48. The van der Waals surface area contributed by atoms with E-state index < -0.39 is 0 Å². The van der Waals surface area contributed by atoms with Gasteiger partial charge in [-0.15, -0.1) is 0 Å². The monoisotopic (exact) mass is 281 g/mol. The first-order chi connectivity index (χ1) is 10.3. The zero-order valence-electron chi connectivity index (χ0n) is 12.2. The maximum absolute atomic E-state index is 5.83. The van der Waals surface area contributed by atoms with Crippen LogP contribution in [0.1, 0.15) is 41.5 Å². The van der Waals surface area contributed by atoms with Crippen LogP contribution in [0.15, 0.2) is 45.4 Å². The van der Waals surface area contributed by atoms with Crippen molar-refractivity contribution in [1.82, 2.24) is 5.32 Å². The molecule has 1 aromatic carbocycles. The fourth-order valence-corrected chi connectivity index (χ4v) is 3.36. The van der Waals surface area contributed by atoms with E-state index in [1.807, 2.05) is 25.3 Å². The number of benzene rings is 1. The second-order valence-electron chi connectivity index (χ2n) is 5.76. The number of hydrogen-bond donors (Lipinski definition) is 1. The lowest BCUT2D eigenvalue weighted by atomic mass is 9.93. The van der Waals surface area contributed by atoms with Crippen LogP contribution in [0.4, 0.5) is 0 Å². The predicted molar refractivity (Wildman–Crippen MR) is 82.2 cm³/mol. The molecule has 2 heterocycles. The van der Waals surface area contributed by atoms with E-state index in [0.29, 0.717) is 6.04 Å². The molecule has 0 amide bonds. The van der Waals surface area contributed by atoms with Crippen molar-refractivity contribution >= 4 is 11.0 Å². The van der Waals surface area contributed by atoms with Gasteiger partial charge in [-0.25, -0.2) is 0 Å². The van der Waals surface area contributed by atoms with Gasteiger partial charge in [0.2, 0.25) is 0 Å². The van der Waals surface area contributed by atoms with Crippen LogP contribution in [0.25, 0.3) is 11.0 Å². The second kappa shape index (κ2) is 5.08. The molecule has 0 spiro atoms. The lowest BCUT2D eigenvalue weighted by Gasteiger charge is -2.22. The van der Waals surface area contributed by atoms with E-state index in [0.717, 1.165) is 30.1 Å². The van der Waals surface area contributed by atoms with Crippen molar-refractivity contribution in [3.05, 3.63) is 59.2 Å². The molecule has 108 valence electrons. The van der Waals surface area contributed by atoms with Gasteiger partial charge in [0, 0.05) is 35.5 Å². The molecule has 0 fully saturated rings. The van der Waals surface area contributed by atoms with Crippen molar-refractivity contribution in [3.8, 4) is 0 Å². The molecule has 0 bridgehead atoms. The molecule has 0 radical (unpaired) electrons. The second-order valence-corrected chi connectivity index (χ2v) is 5.76. The van der Waals surface area contributed by atoms with Gasteiger partial charge in [-0.3, -0.25) is 0 Å². The van der Waals surface area contributed by atoms with Gasteiger partial charge in [0.05, 0.1) is 6.26 Å². The van der Waals surface area contributed by atoms with Crippen LogP contribution in [-0.4, -0.2) is 0 Å². The molecule has 3 nitrogen and oxygen atoms in total. The van der Waals surface area contributed by atoms with Gasteiger partial charge >= 0.3 is 0 Å². The Morgan fingerprint density at radius 2 is 2.14 bits per heavy atom. The first kappa shape index (κ1) is 12.7. The number of furan rings is 2. The largest absolute Gasteiger partial charge is 0.469 e. The average Bonchev–Trinajstić information content (AvgIpc) is 3.09. The topological polar surface area (TPSA) is 38.3 Å². The molecule has 3 heteroatoms. The molecule has 4 rings (SSSR count). The average molecular weight is 281 g/mol. The minimum atomic E-state index is 0.389. The fraction of sp³-hybridized carbons (Fsp3) is 0.333. The van der Waals surface area contributed by atoms with Crippen LogP contribution < -0.4 is 5.32 Å². The van der Waals surface area contributed by atoms with E-state index in [-0.39, 0.29) is 0 Å². The van der Waals surface area contributed by atoms with Crippen LogP contribution in [-0.2, 0) is 13.0 Å². The van der Waals surface area contributed by atoms with Crippen molar-refractivity contribution in [1.29, 1.82) is 0 Å². The molecule has 1 atom stereocenters. The Morgan fingerprint density at radius 3 is 3.10 bits per heavy atom. The predicted octanol–water partition coefficient (Wildman–Crippen LogP) is 4.50. The highest BCUT2D eigenvalue weighted by Gasteiger charge is 2.22. The number of para-hydroxylation sites is 1. The Kier molecular flexibility index (Phi) is 3.08. The van der Waals surface area contributed by atoms with Crippen LogP contribution in [0.5, 0.6) is 0 Å². The summed E-state index contributed by atoms with van der Waals surface area (Å²) in [4.78, 5) is 0. The summed E-state index contributed by atoms with van der Waals surface area (Å²) in [5.41, 5.74) is 3.56. The van der Waals surface area contributed by atoms with E-state index in [1.54, 1.807) is 0 Å². The molecule has 21 heavy (non-hydrogen) atoms. The summed E-state index contributed by atoms with van der Waals surface area (Å²) in [6, 6.07) is 10.7. The molecular formula is C18H19NO2. The molecule has 1 aliphatic rings. The standard InChI is InChI=1S/C18H19NO2/c1-12-15(13-5-2-3-7-18(13)21-12)11-19-16-6-4-8-17-14(16)9-10-20-17/h2-3,5,7,9-10,16,19H,4,6,8,11H2,1H3. The SMILES string of the molecule is Cc1oc2ccccc2c1CNC1CCCc2occc21. The first-order valence-electron chi connectivity index (χ1n) is 7.59. The van der Waals surface area contributed by atoms with Gasteiger partial charge in [-0.05, 0) is 31.9 Å². The maximum atomic E-state index is 5.83. The van der Waals surface area contributed by atoms with E-state index in [4.69, 9.17) is 8.83 Å². The highest BCUT2D eigenvalue weighted by molar-refractivity contribution is 5.82. The van der Waals surface area contributed by atoms with E-state index in [9.17, 15) is 0 Å². The molecule has 1 N–H and O–H groups in total. The Hall–Kier alpha value is -2.00. The molecule has 3 aromatic rings. The zero-order chi connectivity index (χ0) is 14.2. The number of hydrogen-bond acceptors (Lipinski definition) is 3. The molecule has 1 unspecified atom stereocenters. The van der Waals surface area contributed by atoms with E-state index in [1.165, 1.54) is 29.4 Å². The summed E-state index contributed by atoms with van der Waals surface area (Å²) >= 11 is 0. The van der Waals surface area contributed by atoms with Gasteiger partial charge in [0.25, 0.3) is 0 Å². The van der Waals surface area contributed by atoms with Gasteiger partial charge in [0.1, 0.15) is 17.1 Å². The van der Waals surface area contributed by atoms with Gasteiger partial charge in [0.15, 0.2) is 0 Å². The third-order valence-corrected chi connectivity index (χ3v) is 4.48. The van der Waals surface area contributed by atoms with Crippen LogP contribution in [0.2, 0.25) is 0 Å². The molecule has 0 saturated carbocycles. The van der Waals surface area contributed by atoms with Crippen molar-refractivity contribution in [2.24, 2.45) is 0 Å². The summed E-state index contributed by atoms with van der Waals surface area (Å²) < 4.78 is 11.4. The minimum absolute atomic E-state index is 0.389. The van der Waals surface area contributed by atoms with Gasteiger partial charge in [-0.2, -0.15) is 0 Å². The summed E-state index contributed by atoms with van der Waals surface area (Å²) in [6.07, 6.45) is 5.22. The van der Waals surface area contributed by atoms with Crippen molar-refractivity contribution in [2.75, 3.05) is 0 Å². The fourth-order valence-electron chi connectivity index (χ4n) is 3.36. The molecule has 0 saturated heterocycles.